The van der Waals surface area contributed by atoms with Crippen molar-refractivity contribution in [2.75, 3.05) is 0 Å². The molecule has 0 amide bonds. The highest BCUT2D eigenvalue weighted by Crippen LogP contribution is 2.45. The lowest BCUT2D eigenvalue weighted by atomic mass is 9.66. The lowest BCUT2D eigenvalue weighted by Gasteiger charge is -2.40. The van der Waals surface area contributed by atoms with Crippen LogP contribution in [-0.2, 0) is 0 Å². The molecule has 0 aromatic carbocycles. The lowest BCUT2D eigenvalue weighted by Crippen LogP contribution is -2.33. The van der Waals surface area contributed by atoms with Crippen molar-refractivity contribution in [1.82, 2.24) is 0 Å². The fraction of sp³-hybridized carbons (Fsp3) is 1.00. The third-order valence-corrected chi connectivity index (χ3v) is 10.4. The van der Waals surface area contributed by atoms with Crippen LogP contribution in [-0.4, -0.2) is 6.04 Å². The third kappa shape index (κ3) is 7.75. The summed E-state index contributed by atoms with van der Waals surface area (Å²) >= 11 is 0. The normalized spacial score (nSPS) is 36.1. The quantitative estimate of drug-likeness (QED) is 0.367. The zero-order chi connectivity index (χ0) is 22.2. The predicted octanol–water partition coefficient (Wildman–Crippen LogP) is 9.00. The molecule has 0 aromatic heterocycles. The molecule has 3 aliphatic rings. The van der Waals surface area contributed by atoms with Gasteiger partial charge in [0.15, 0.2) is 0 Å². The molecule has 0 heterocycles. The van der Waals surface area contributed by atoms with Gasteiger partial charge < -0.3 is 5.73 Å². The summed E-state index contributed by atoms with van der Waals surface area (Å²) in [7, 11) is 0. The largest absolute Gasteiger partial charge is 0.328 e. The topological polar surface area (TPSA) is 26.0 Å². The van der Waals surface area contributed by atoms with Crippen LogP contribution in [0.15, 0.2) is 0 Å². The Hall–Kier alpha value is -0.0400. The Labute approximate surface area is 196 Å². The first-order valence-corrected chi connectivity index (χ1v) is 14.8. The minimum Gasteiger partial charge on any atom is -0.328 e. The van der Waals surface area contributed by atoms with Crippen LogP contribution in [0.3, 0.4) is 0 Å². The van der Waals surface area contributed by atoms with Crippen molar-refractivity contribution >= 4 is 0 Å². The highest BCUT2D eigenvalue weighted by atomic mass is 14.6. The van der Waals surface area contributed by atoms with Gasteiger partial charge in [0.1, 0.15) is 0 Å². The molecular weight excluding hydrogens is 374 g/mol. The average Bonchev–Trinajstić information content (AvgIpc) is 2.79. The van der Waals surface area contributed by atoms with E-state index in [4.69, 9.17) is 5.73 Å². The van der Waals surface area contributed by atoms with Crippen LogP contribution in [0.5, 0.6) is 0 Å². The van der Waals surface area contributed by atoms with Crippen LogP contribution >= 0.6 is 0 Å². The molecule has 0 aliphatic heterocycles. The van der Waals surface area contributed by atoms with Crippen molar-refractivity contribution in [3.8, 4) is 0 Å². The Balaban J connectivity index is 1.51. The molecule has 3 aliphatic carbocycles. The van der Waals surface area contributed by atoms with Crippen LogP contribution in [0.1, 0.15) is 137 Å². The van der Waals surface area contributed by atoms with E-state index in [1.54, 1.807) is 12.8 Å². The Kier molecular flexibility index (Phi) is 10.7. The molecule has 2 N–H and O–H groups in total. The summed E-state index contributed by atoms with van der Waals surface area (Å²) in [5.74, 6) is 7.67. The minimum atomic E-state index is 0.354. The van der Waals surface area contributed by atoms with Crippen LogP contribution in [0.4, 0.5) is 0 Å². The highest BCUT2D eigenvalue weighted by molar-refractivity contribution is 4.85. The molecule has 8 unspecified atom stereocenters. The first-order chi connectivity index (χ1) is 15.0. The first kappa shape index (κ1) is 25.6. The SMILES string of the molecule is CCC1CCC(CC2CCCC(CC(CC3CCCCC3)C(C)C(C)N)C2)CC1CC. The molecule has 3 fully saturated rings. The maximum absolute atomic E-state index is 6.45. The number of nitrogens with two attached hydrogens (primary N) is 1. The molecule has 1 nitrogen and oxygen atoms in total. The van der Waals surface area contributed by atoms with Gasteiger partial charge in [0.05, 0.1) is 0 Å². The summed E-state index contributed by atoms with van der Waals surface area (Å²) in [5.41, 5.74) is 6.45. The molecule has 3 saturated carbocycles. The van der Waals surface area contributed by atoms with Crippen LogP contribution in [0.2, 0.25) is 0 Å². The van der Waals surface area contributed by atoms with Gasteiger partial charge in [-0.25, -0.2) is 0 Å². The molecular formula is C30H57N. The third-order valence-electron chi connectivity index (χ3n) is 10.4. The van der Waals surface area contributed by atoms with Crippen LogP contribution in [0.25, 0.3) is 0 Å². The standard InChI is InChI=1S/C30H57N/c1-5-28-16-15-27(20-29(28)6-2)18-25-13-10-14-26(17-25)21-30(22(3)23(4)31)19-24-11-8-7-9-12-24/h22-30H,5-21,31H2,1-4H3. The predicted molar refractivity (Wildman–Crippen MR) is 137 cm³/mol. The van der Waals surface area contributed by atoms with E-state index >= 15 is 0 Å². The molecule has 182 valence electrons. The second-order valence-corrected chi connectivity index (χ2v) is 12.6. The maximum atomic E-state index is 6.45. The molecule has 0 spiro atoms. The van der Waals surface area contributed by atoms with Gasteiger partial charge in [-0.2, -0.15) is 0 Å². The van der Waals surface area contributed by atoms with Crippen molar-refractivity contribution in [1.29, 1.82) is 0 Å². The van der Waals surface area contributed by atoms with E-state index in [9.17, 15) is 0 Å². The number of hydrogen-bond donors (Lipinski definition) is 1. The summed E-state index contributed by atoms with van der Waals surface area (Å²) in [4.78, 5) is 0. The van der Waals surface area contributed by atoms with Crippen LogP contribution in [0, 0.1) is 47.3 Å². The molecule has 31 heavy (non-hydrogen) atoms. The zero-order valence-corrected chi connectivity index (χ0v) is 21.8. The van der Waals surface area contributed by atoms with E-state index in [2.05, 4.69) is 27.7 Å². The highest BCUT2D eigenvalue weighted by Gasteiger charge is 2.33. The van der Waals surface area contributed by atoms with E-state index in [1.165, 1.54) is 96.3 Å². The van der Waals surface area contributed by atoms with Crippen molar-refractivity contribution in [3.05, 3.63) is 0 Å². The van der Waals surface area contributed by atoms with E-state index in [0.29, 0.717) is 12.0 Å². The van der Waals surface area contributed by atoms with Gasteiger partial charge in [-0.1, -0.05) is 91.4 Å². The maximum Gasteiger partial charge on any atom is 0.00387 e. The van der Waals surface area contributed by atoms with Crippen molar-refractivity contribution in [2.24, 2.45) is 53.1 Å². The van der Waals surface area contributed by atoms with Gasteiger partial charge in [0, 0.05) is 6.04 Å². The Morgan fingerprint density at radius 3 is 1.94 bits per heavy atom. The van der Waals surface area contributed by atoms with Gasteiger partial charge >= 0.3 is 0 Å². The molecule has 3 rings (SSSR count). The van der Waals surface area contributed by atoms with E-state index in [1.807, 2.05) is 0 Å². The lowest BCUT2D eigenvalue weighted by molar-refractivity contribution is 0.119. The molecule has 0 saturated heterocycles. The van der Waals surface area contributed by atoms with Crippen molar-refractivity contribution < 1.29 is 0 Å². The molecule has 8 atom stereocenters. The second kappa shape index (κ2) is 13.0. The fourth-order valence-electron chi connectivity index (χ4n) is 8.21. The molecule has 1 heteroatoms. The Morgan fingerprint density at radius 2 is 1.26 bits per heavy atom. The van der Waals surface area contributed by atoms with Gasteiger partial charge in [0.2, 0.25) is 0 Å². The Bertz CT molecular complexity index is 479. The summed E-state index contributed by atoms with van der Waals surface area (Å²) in [5, 5.41) is 0. The van der Waals surface area contributed by atoms with Gasteiger partial charge in [0.25, 0.3) is 0 Å². The van der Waals surface area contributed by atoms with Crippen LogP contribution < -0.4 is 5.73 Å². The van der Waals surface area contributed by atoms with E-state index in [-0.39, 0.29) is 0 Å². The second-order valence-electron chi connectivity index (χ2n) is 12.6. The van der Waals surface area contributed by atoms with Gasteiger partial charge in [-0.15, -0.1) is 0 Å². The summed E-state index contributed by atoms with van der Waals surface area (Å²) in [6, 6.07) is 0.354. The monoisotopic (exact) mass is 431 g/mol. The first-order valence-electron chi connectivity index (χ1n) is 14.8. The zero-order valence-electron chi connectivity index (χ0n) is 21.8. The van der Waals surface area contributed by atoms with E-state index in [0.717, 1.165) is 41.4 Å². The average molecular weight is 432 g/mol. The number of hydrogen-bond acceptors (Lipinski definition) is 1. The van der Waals surface area contributed by atoms with Crippen molar-refractivity contribution in [2.45, 2.75) is 143 Å². The molecule has 0 aromatic rings. The number of rotatable bonds is 10. The van der Waals surface area contributed by atoms with Gasteiger partial charge in [-0.05, 0) is 92.8 Å². The molecule has 0 bridgehead atoms. The smallest absolute Gasteiger partial charge is 0.00387 e. The van der Waals surface area contributed by atoms with Gasteiger partial charge in [-0.3, -0.25) is 0 Å². The minimum absolute atomic E-state index is 0.354. The summed E-state index contributed by atoms with van der Waals surface area (Å²) in [6.45, 7) is 9.60. The summed E-state index contributed by atoms with van der Waals surface area (Å²) < 4.78 is 0. The summed E-state index contributed by atoms with van der Waals surface area (Å²) in [6.07, 6.45) is 25.4. The van der Waals surface area contributed by atoms with E-state index < -0.39 is 0 Å². The fourth-order valence-corrected chi connectivity index (χ4v) is 8.21. The molecule has 0 radical (unpaired) electrons. The Morgan fingerprint density at radius 1 is 0.645 bits per heavy atom. The van der Waals surface area contributed by atoms with Crippen molar-refractivity contribution in [3.63, 3.8) is 0 Å².